The first kappa shape index (κ1) is 16.6. The molecule has 0 radical (unpaired) electrons. The lowest BCUT2D eigenvalue weighted by Gasteiger charge is -2.57. The van der Waals surface area contributed by atoms with Gasteiger partial charge in [0.25, 0.3) is 0 Å². The van der Waals surface area contributed by atoms with E-state index in [0.717, 1.165) is 23.6 Å². The maximum Gasteiger partial charge on any atom is 0.122 e. The Hall–Kier alpha value is -0.730. The Balaban J connectivity index is 2.31. The van der Waals surface area contributed by atoms with Gasteiger partial charge >= 0.3 is 0 Å². The first-order valence-electron chi connectivity index (χ1n) is 8.09. The summed E-state index contributed by atoms with van der Waals surface area (Å²) < 4.78 is 5.56. The fourth-order valence-electron chi connectivity index (χ4n) is 4.46. The standard InChI is InChI=1S/C18H28ClNO/c1-4-8-17(9-5-2)11-18(12-17,13-20)15-10-14(19)6-7-16(15)21-3/h6-7,10H,4-5,8-9,11-13,20H2,1-3H3. The number of rotatable bonds is 7. The molecule has 1 fully saturated rings. The van der Waals surface area contributed by atoms with E-state index in [-0.39, 0.29) is 5.41 Å². The summed E-state index contributed by atoms with van der Waals surface area (Å²) in [6.07, 6.45) is 7.40. The molecule has 2 rings (SSSR count). The lowest BCUT2D eigenvalue weighted by Crippen LogP contribution is -2.54. The molecule has 0 bridgehead atoms. The average Bonchev–Trinajstić information content (AvgIpc) is 2.44. The highest BCUT2D eigenvalue weighted by Crippen LogP contribution is 2.61. The van der Waals surface area contributed by atoms with Gasteiger partial charge in [0.05, 0.1) is 7.11 Å². The van der Waals surface area contributed by atoms with E-state index in [1.165, 1.54) is 31.2 Å². The Morgan fingerprint density at radius 1 is 1.19 bits per heavy atom. The molecule has 118 valence electrons. The van der Waals surface area contributed by atoms with Gasteiger partial charge in [-0.2, -0.15) is 0 Å². The fourth-order valence-corrected chi connectivity index (χ4v) is 4.63. The summed E-state index contributed by atoms with van der Waals surface area (Å²) in [6.45, 7) is 5.22. The van der Waals surface area contributed by atoms with Crippen molar-refractivity contribution in [3.63, 3.8) is 0 Å². The predicted octanol–water partition coefficient (Wildman–Crippen LogP) is 4.93. The number of methoxy groups -OCH3 is 1. The van der Waals surface area contributed by atoms with Gasteiger partial charge in [0.15, 0.2) is 0 Å². The zero-order valence-corrected chi connectivity index (χ0v) is 14.3. The summed E-state index contributed by atoms with van der Waals surface area (Å²) in [5.74, 6) is 0.923. The van der Waals surface area contributed by atoms with E-state index in [0.29, 0.717) is 12.0 Å². The van der Waals surface area contributed by atoms with E-state index in [4.69, 9.17) is 22.1 Å². The average molecular weight is 310 g/mol. The summed E-state index contributed by atoms with van der Waals surface area (Å²) in [6, 6.07) is 5.90. The second-order valence-electron chi connectivity index (χ2n) is 6.68. The Bertz CT molecular complexity index is 472. The Kier molecular flexibility index (Phi) is 5.21. The van der Waals surface area contributed by atoms with Crippen LogP contribution < -0.4 is 10.5 Å². The van der Waals surface area contributed by atoms with Crippen LogP contribution in [0.25, 0.3) is 0 Å². The second kappa shape index (κ2) is 6.58. The normalized spacial score (nSPS) is 19.1. The third kappa shape index (κ3) is 3.07. The number of hydrogen-bond acceptors (Lipinski definition) is 2. The number of ether oxygens (including phenoxy) is 1. The molecule has 0 unspecified atom stereocenters. The Morgan fingerprint density at radius 3 is 2.29 bits per heavy atom. The van der Waals surface area contributed by atoms with Crippen LogP contribution in [0.3, 0.4) is 0 Å². The van der Waals surface area contributed by atoms with Gasteiger partial charge in [-0.25, -0.2) is 0 Å². The van der Waals surface area contributed by atoms with Crippen LogP contribution in [0.1, 0.15) is 57.9 Å². The number of benzene rings is 1. The van der Waals surface area contributed by atoms with Gasteiger partial charge in [0.1, 0.15) is 5.75 Å². The minimum atomic E-state index is 0.0422. The van der Waals surface area contributed by atoms with E-state index in [1.54, 1.807) is 7.11 Å². The molecule has 0 amide bonds. The van der Waals surface area contributed by atoms with Gasteiger partial charge in [-0.3, -0.25) is 0 Å². The Labute approximate surface area is 134 Å². The highest BCUT2D eigenvalue weighted by atomic mass is 35.5. The topological polar surface area (TPSA) is 35.2 Å². The summed E-state index contributed by atoms with van der Waals surface area (Å²) in [5.41, 5.74) is 7.90. The number of hydrogen-bond donors (Lipinski definition) is 1. The highest BCUT2D eigenvalue weighted by Gasteiger charge is 2.54. The molecule has 0 heterocycles. The maximum atomic E-state index is 6.21. The van der Waals surface area contributed by atoms with E-state index >= 15 is 0 Å². The molecule has 2 N–H and O–H groups in total. The molecule has 1 saturated carbocycles. The number of halogens is 1. The largest absolute Gasteiger partial charge is 0.496 e. The van der Waals surface area contributed by atoms with Gasteiger partial charge in [0.2, 0.25) is 0 Å². The van der Waals surface area contributed by atoms with Crippen LogP contribution in [0.2, 0.25) is 5.02 Å². The quantitative estimate of drug-likeness (QED) is 0.775. The van der Waals surface area contributed by atoms with Crippen molar-refractivity contribution in [2.24, 2.45) is 11.1 Å². The van der Waals surface area contributed by atoms with Crippen LogP contribution in [0.5, 0.6) is 5.75 Å². The second-order valence-corrected chi connectivity index (χ2v) is 7.12. The fraction of sp³-hybridized carbons (Fsp3) is 0.667. The molecule has 0 aliphatic heterocycles. The van der Waals surface area contributed by atoms with Gasteiger partial charge in [-0.15, -0.1) is 0 Å². The van der Waals surface area contributed by atoms with Crippen molar-refractivity contribution in [2.75, 3.05) is 13.7 Å². The van der Waals surface area contributed by atoms with Crippen LogP contribution in [-0.2, 0) is 5.41 Å². The zero-order chi connectivity index (χ0) is 15.5. The van der Waals surface area contributed by atoms with Crippen LogP contribution in [-0.4, -0.2) is 13.7 Å². The molecule has 1 aliphatic carbocycles. The van der Waals surface area contributed by atoms with E-state index in [9.17, 15) is 0 Å². The summed E-state index contributed by atoms with van der Waals surface area (Å²) in [4.78, 5) is 0. The van der Waals surface area contributed by atoms with Gasteiger partial charge in [0, 0.05) is 22.5 Å². The van der Waals surface area contributed by atoms with Crippen LogP contribution in [0, 0.1) is 5.41 Å². The molecular weight excluding hydrogens is 282 g/mol. The minimum absolute atomic E-state index is 0.0422. The van der Waals surface area contributed by atoms with Crippen molar-refractivity contribution in [2.45, 2.75) is 57.8 Å². The third-order valence-corrected chi connectivity index (χ3v) is 5.35. The number of nitrogens with two attached hydrogens (primary N) is 1. The van der Waals surface area contributed by atoms with Crippen LogP contribution >= 0.6 is 11.6 Å². The highest BCUT2D eigenvalue weighted by molar-refractivity contribution is 6.30. The smallest absolute Gasteiger partial charge is 0.122 e. The minimum Gasteiger partial charge on any atom is -0.496 e. The molecule has 0 spiro atoms. The third-order valence-electron chi connectivity index (χ3n) is 5.11. The van der Waals surface area contributed by atoms with Gasteiger partial charge < -0.3 is 10.5 Å². The van der Waals surface area contributed by atoms with E-state index < -0.39 is 0 Å². The molecule has 21 heavy (non-hydrogen) atoms. The van der Waals surface area contributed by atoms with Crippen molar-refractivity contribution >= 4 is 11.6 Å². The lowest BCUT2D eigenvalue weighted by atomic mass is 9.48. The molecular formula is C18H28ClNO. The van der Waals surface area contributed by atoms with Crippen molar-refractivity contribution in [1.29, 1.82) is 0 Å². The van der Waals surface area contributed by atoms with Gasteiger partial charge in [-0.1, -0.05) is 38.3 Å². The van der Waals surface area contributed by atoms with Crippen LogP contribution in [0.4, 0.5) is 0 Å². The molecule has 0 aromatic heterocycles. The summed E-state index contributed by atoms with van der Waals surface area (Å²) in [7, 11) is 1.72. The monoisotopic (exact) mass is 309 g/mol. The van der Waals surface area contributed by atoms with Crippen molar-refractivity contribution in [3.8, 4) is 5.75 Å². The molecule has 2 nitrogen and oxygen atoms in total. The van der Waals surface area contributed by atoms with E-state index in [1.807, 2.05) is 12.1 Å². The molecule has 1 aromatic carbocycles. The van der Waals surface area contributed by atoms with Crippen molar-refractivity contribution in [3.05, 3.63) is 28.8 Å². The maximum absolute atomic E-state index is 6.21. The summed E-state index contributed by atoms with van der Waals surface area (Å²) in [5, 5.41) is 0.766. The Morgan fingerprint density at radius 2 is 1.81 bits per heavy atom. The van der Waals surface area contributed by atoms with Crippen LogP contribution in [0.15, 0.2) is 18.2 Å². The molecule has 1 aromatic rings. The van der Waals surface area contributed by atoms with E-state index in [2.05, 4.69) is 19.9 Å². The molecule has 1 aliphatic rings. The van der Waals surface area contributed by atoms with Crippen molar-refractivity contribution in [1.82, 2.24) is 0 Å². The van der Waals surface area contributed by atoms with Gasteiger partial charge in [-0.05, 0) is 49.3 Å². The van der Waals surface area contributed by atoms with Crippen molar-refractivity contribution < 1.29 is 4.74 Å². The zero-order valence-electron chi connectivity index (χ0n) is 13.5. The first-order chi connectivity index (χ1) is 10.0. The molecule has 0 saturated heterocycles. The first-order valence-corrected chi connectivity index (χ1v) is 8.46. The SMILES string of the molecule is CCCC1(CCC)CC(CN)(c2cc(Cl)ccc2OC)C1. The molecule has 0 atom stereocenters. The predicted molar refractivity (Wildman–Crippen MR) is 90.2 cm³/mol. The molecule has 3 heteroatoms. The lowest BCUT2D eigenvalue weighted by molar-refractivity contribution is 0.00660. The summed E-state index contributed by atoms with van der Waals surface area (Å²) >= 11 is 6.21.